The van der Waals surface area contributed by atoms with Crippen LogP contribution in [0.1, 0.15) is 59.6 Å². The lowest BCUT2D eigenvalue weighted by Gasteiger charge is -2.30. The fraction of sp³-hybridized carbons (Fsp3) is 0.412. The summed E-state index contributed by atoms with van der Waals surface area (Å²) in [5.41, 5.74) is 8.50. The molecular weight excluding hydrogens is 472 g/mol. The molecule has 4 heteroatoms. The highest BCUT2D eigenvalue weighted by atomic mass is 16.5. The van der Waals surface area contributed by atoms with Gasteiger partial charge in [0.1, 0.15) is 23.9 Å². The molecule has 2 atom stereocenters. The molecule has 0 spiro atoms. The monoisotopic (exact) mass is 512 g/mol. The number of aryl methyl sites for hydroxylation is 2. The average Bonchev–Trinajstić information content (AvgIpc) is 3.43. The third-order valence-electron chi connectivity index (χ3n) is 7.96. The van der Waals surface area contributed by atoms with Gasteiger partial charge in [-0.2, -0.15) is 0 Å². The van der Waals surface area contributed by atoms with Crippen molar-refractivity contribution in [2.45, 2.75) is 59.0 Å². The molecule has 1 aliphatic heterocycles. The van der Waals surface area contributed by atoms with Gasteiger partial charge >= 0.3 is 0 Å². The largest absolute Gasteiger partial charge is 0.508 e. The Morgan fingerprint density at radius 3 is 2.68 bits per heavy atom. The van der Waals surface area contributed by atoms with Crippen LogP contribution >= 0.6 is 0 Å². The van der Waals surface area contributed by atoms with Crippen molar-refractivity contribution in [3.63, 3.8) is 0 Å². The minimum atomic E-state index is 0.219. The van der Waals surface area contributed by atoms with Gasteiger partial charge in [0.05, 0.1) is 6.61 Å². The summed E-state index contributed by atoms with van der Waals surface area (Å²) >= 11 is 0. The maximum Gasteiger partial charge on any atom is 0.131 e. The highest BCUT2D eigenvalue weighted by molar-refractivity contribution is 5.74. The van der Waals surface area contributed by atoms with E-state index >= 15 is 0 Å². The van der Waals surface area contributed by atoms with Gasteiger partial charge in [-0.05, 0) is 109 Å². The maximum atomic E-state index is 10.4. The Morgan fingerprint density at radius 2 is 1.92 bits per heavy atom. The lowest BCUT2D eigenvalue weighted by Crippen LogP contribution is -2.19. The standard InChI is InChI=1S/C34H40O4/c1-4-13-37-31-17-28-11-10-27(19-32(28)29(18-31)16-26-12-14-36-21-26)24(3)34-23(2)15-30(35)20-33(34)38-22-25-8-6-5-7-9-25/h5-9,15,17-18,20,26-27,35H,3-4,10-14,16,19,21-22H2,1-2H3/t26-,27?/m0/s1. The molecule has 200 valence electrons. The zero-order valence-electron chi connectivity index (χ0n) is 22.8. The van der Waals surface area contributed by atoms with Crippen molar-refractivity contribution in [1.29, 1.82) is 0 Å². The first kappa shape index (κ1) is 26.4. The summed E-state index contributed by atoms with van der Waals surface area (Å²) in [4.78, 5) is 0. The fourth-order valence-corrected chi connectivity index (χ4v) is 5.97. The summed E-state index contributed by atoms with van der Waals surface area (Å²) in [7, 11) is 0. The molecule has 1 heterocycles. The average molecular weight is 513 g/mol. The van der Waals surface area contributed by atoms with Crippen LogP contribution in [0.4, 0.5) is 0 Å². The number of hydrogen-bond donors (Lipinski definition) is 1. The highest BCUT2D eigenvalue weighted by Crippen LogP contribution is 2.42. The molecule has 5 rings (SSSR count). The molecule has 38 heavy (non-hydrogen) atoms. The Balaban J connectivity index is 1.41. The van der Waals surface area contributed by atoms with Gasteiger partial charge in [-0.15, -0.1) is 0 Å². The molecule has 1 saturated heterocycles. The first-order chi connectivity index (χ1) is 18.5. The summed E-state index contributed by atoms with van der Waals surface area (Å²) in [6.07, 6.45) is 6.17. The van der Waals surface area contributed by atoms with Crippen molar-refractivity contribution in [3.8, 4) is 17.2 Å². The Bertz CT molecular complexity index is 1260. The van der Waals surface area contributed by atoms with Gasteiger partial charge in [-0.3, -0.25) is 0 Å². The zero-order valence-corrected chi connectivity index (χ0v) is 22.8. The number of rotatable bonds is 10. The smallest absolute Gasteiger partial charge is 0.131 e. The normalized spacial score (nSPS) is 18.7. The molecule has 1 N–H and O–H groups in total. The summed E-state index contributed by atoms with van der Waals surface area (Å²) in [5, 5.41) is 10.4. The van der Waals surface area contributed by atoms with Gasteiger partial charge in [0.25, 0.3) is 0 Å². The first-order valence-electron chi connectivity index (χ1n) is 14.1. The van der Waals surface area contributed by atoms with Crippen molar-refractivity contribution in [2.75, 3.05) is 19.8 Å². The molecule has 1 aliphatic carbocycles. The van der Waals surface area contributed by atoms with Crippen LogP contribution in [0.5, 0.6) is 17.2 Å². The fourth-order valence-electron chi connectivity index (χ4n) is 5.97. The topological polar surface area (TPSA) is 47.9 Å². The molecular formula is C34H40O4. The minimum Gasteiger partial charge on any atom is -0.508 e. The Kier molecular flexibility index (Phi) is 8.38. The van der Waals surface area contributed by atoms with Gasteiger partial charge in [0.2, 0.25) is 0 Å². The molecule has 2 aliphatic rings. The Labute approximate surface area is 227 Å². The van der Waals surface area contributed by atoms with E-state index in [2.05, 4.69) is 37.8 Å². The summed E-state index contributed by atoms with van der Waals surface area (Å²) in [5.74, 6) is 2.81. The van der Waals surface area contributed by atoms with E-state index in [0.29, 0.717) is 24.2 Å². The Morgan fingerprint density at radius 1 is 1.08 bits per heavy atom. The van der Waals surface area contributed by atoms with Gasteiger partial charge in [-0.1, -0.05) is 43.8 Å². The third kappa shape index (κ3) is 6.07. The number of ether oxygens (including phenoxy) is 3. The second-order valence-corrected chi connectivity index (χ2v) is 10.9. The lowest BCUT2D eigenvalue weighted by molar-refractivity contribution is 0.185. The van der Waals surface area contributed by atoms with Crippen molar-refractivity contribution >= 4 is 5.57 Å². The third-order valence-corrected chi connectivity index (χ3v) is 7.96. The van der Waals surface area contributed by atoms with Crippen LogP contribution in [0, 0.1) is 18.8 Å². The number of phenolic OH excluding ortho intramolecular Hbond substituents is 1. The van der Waals surface area contributed by atoms with E-state index in [-0.39, 0.29) is 5.75 Å². The van der Waals surface area contributed by atoms with Crippen molar-refractivity contribution in [1.82, 2.24) is 0 Å². The van der Waals surface area contributed by atoms with Crippen LogP contribution in [-0.2, 0) is 30.6 Å². The van der Waals surface area contributed by atoms with E-state index in [1.807, 2.05) is 31.2 Å². The quantitative estimate of drug-likeness (QED) is 0.306. The van der Waals surface area contributed by atoms with Crippen molar-refractivity contribution in [3.05, 3.63) is 94.6 Å². The maximum absolute atomic E-state index is 10.4. The predicted octanol–water partition coefficient (Wildman–Crippen LogP) is 7.47. The minimum absolute atomic E-state index is 0.219. The van der Waals surface area contributed by atoms with Crippen LogP contribution in [-0.4, -0.2) is 24.9 Å². The number of aromatic hydroxyl groups is 1. The second kappa shape index (κ2) is 12.1. The first-order valence-corrected chi connectivity index (χ1v) is 14.1. The zero-order chi connectivity index (χ0) is 26.5. The van der Waals surface area contributed by atoms with E-state index < -0.39 is 0 Å². The lowest BCUT2D eigenvalue weighted by atomic mass is 9.75. The van der Waals surface area contributed by atoms with E-state index in [1.165, 1.54) is 16.7 Å². The van der Waals surface area contributed by atoms with Crippen molar-refractivity contribution in [2.24, 2.45) is 11.8 Å². The molecule has 0 saturated carbocycles. The van der Waals surface area contributed by atoms with E-state index in [1.54, 1.807) is 6.07 Å². The predicted molar refractivity (Wildman–Crippen MR) is 153 cm³/mol. The molecule has 0 amide bonds. The summed E-state index contributed by atoms with van der Waals surface area (Å²) in [6, 6.07) is 18.2. The molecule has 3 aromatic rings. The van der Waals surface area contributed by atoms with Crippen molar-refractivity contribution < 1.29 is 19.3 Å². The molecule has 0 bridgehead atoms. The highest BCUT2D eigenvalue weighted by Gasteiger charge is 2.28. The number of fused-ring (bicyclic) bond motifs is 1. The molecule has 1 unspecified atom stereocenters. The summed E-state index contributed by atoms with van der Waals surface area (Å²) < 4.78 is 18.1. The van der Waals surface area contributed by atoms with Crippen LogP contribution in [0.3, 0.4) is 0 Å². The van der Waals surface area contributed by atoms with Crippen LogP contribution < -0.4 is 9.47 Å². The van der Waals surface area contributed by atoms with E-state index in [0.717, 1.165) is 86.4 Å². The number of phenols is 1. The van der Waals surface area contributed by atoms with Gasteiger partial charge in [0.15, 0.2) is 0 Å². The number of benzene rings is 3. The molecule has 0 aromatic heterocycles. The van der Waals surface area contributed by atoms with Gasteiger partial charge in [0, 0.05) is 24.8 Å². The summed E-state index contributed by atoms with van der Waals surface area (Å²) in [6.45, 7) is 11.7. The van der Waals surface area contributed by atoms with Crippen LogP contribution in [0.25, 0.3) is 5.57 Å². The second-order valence-electron chi connectivity index (χ2n) is 10.9. The molecule has 4 nitrogen and oxygen atoms in total. The Hall–Kier alpha value is -3.24. The molecule has 0 radical (unpaired) electrons. The van der Waals surface area contributed by atoms with Crippen LogP contribution in [0.15, 0.2) is 61.2 Å². The molecule has 3 aromatic carbocycles. The number of allylic oxidation sites excluding steroid dienone is 1. The van der Waals surface area contributed by atoms with Gasteiger partial charge in [-0.25, -0.2) is 0 Å². The SMILES string of the molecule is C=C(c1c(C)cc(O)cc1OCc1ccccc1)C1CCc2cc(OCCC)cc(C[C@@H]3CCOC3)c2C1. The van der Waals surface area contributed by atoms with E-state index in [4.69, 9.17) is 14.2 Å². The van der Waals surface area contributed by atoms with Crippen LogP contribution in [0.2, 0.25) is 0 Å². The van der Waals surface area contributed by atoms with E-state index in [9.17, 15) is 5.11 Å². The molecule has 1 fully saturated rings. The van der Waals surface area contributed by atoms with Gasteiger partial charge < -0.3 is 19.3 Å². The number of hydrogen-bond acceptors (Lipinski definition) is 4.